The zero-order valence-corrected chi connectivity index (χ0v) is 19.3. The van der Waals surface area contributed by atoms with E-state index in [1.807, 2.05) is 50.2 Å². The number of hydrogen-bond acceptors (Lipinski definition) is 4. The monoisotopic (exact) mass is 444 g/mol. The first-order valence-electron chi connectivity index (χ1n) is 10.8. The summed E-state index contributed by atoms with van der Waals surface area (Å²) in [5.41, 5.74) is 1.80. The second kappa shape index (κ2) is 10.3. The van der Waals surface area contributed by atoms with Gasteiger partial charge in [0.1, 0.15) is 10.6 Å². The summed E-state index contributed by atoms with van der Waals surface area (Å²) < 4.78 is 34.2. The number of benzene rings is 2. The number of nitrogens with zero attached hydrogens (tertiary/aromatic N) is 1. The highest BCUT2D eigenvalue weighted by molar-refractivity contribution is 7.89. The minimum absolute atomic E-state index is 0.115. The second-order valence-corrected chi connectivity index (χ2v) is 10.1. The first-order valence-corrected chi connectivity index (χ1v) is 12.3. The number of ether oxygens (including phenoxy) is 1. The molecule has 0 aromatic heterocycles. The Balaban J connectivity index is 1.88. The van der Waals surface area contributed by atoms with Gasteiger partial charge in [-0.15, -0.1) is 0 Å². The van der Waals surface area contributed by atoms with Crippen LogP contribution in [0.5, 0.6) is 5.75 Å². The van der Waals surface area contributed by atoms with Gasteiger partial charge in [0.25, 0.3) is 0 Å². The van der Waals surface area contributed by atoms with Crippen molar-refractivity contribution in [1.29, 1.82) is 0 Å². The summed E-state index contributed by atoms with van der Waals surface area (Å²) in [6.07, 6.45) is 4.53. The normalized spacial score (nSPS) is 16.1. The molecule has 0 unspecified atom stereocenters. The number of rotatable bonds is 8. The molecule has 1 amide bonds. The Morgan fingerprint density at radius 3 is 2.45 bits per heavy atom. The number of amides is 1. The molecule has 31 heavy (non-hydrogen) atoms. The molecule has 0 heterocycles. The highest BCUT2D eigenvalue weighted by Gasteiger charge is 2.36. The maximum atomic E-state index is 13.7. The topological polar surface area (TPSA) is 75.7 Å². The average molecular weight is 445 g/mol. The Hall–Kier alpha value is -2.38. The lowest BCUT2D eigenvalue weighted by molar-refractivity contribution is -0.122. The van der Waals surface area contributed by atoms with E-state index in [1.165, 1.54) is 11.4 Å². The van der Waals surface area contributed by atoms with Crippen molar-refractivity contribution in [3.63, 3.8) is 0 Å². The van der Waals surface area contributed by atoms with E-state index < -0.39 is 10.0 Å². The molecule has 6 nitrogen and oxygen atoms in total. The van der Waals surface area contributed by atoms with Gasteiger partial charge in [-0.05, 0) is 49.9 Å². The third kappa shape index (κ3) is 5.66. The Kier molecular flexibility index (Phi) is 7.73. The molecule has 1 aliphatic rings. The summed E-state index contributed by atoms with van der Waals surface area (Å²) in [5, 5.41) is 2.95. The summed E-state index contributed by atoms with van der Waals surface area (Å²) in [4.78, 5) is 13.0. The van der Waals surface area contributed by atoms with Gasteiger partial charge in [-0.2, -0.15) is 4.31 Å². The molecule has 1 N–H and O–H groups in total. The van der Waals surface area contributed by atoms with Crippen LogP contribution in [0, 0.1) is 6.92 Å². The van der Waals surface area contributed by atoms with E-state index in [4.69, 9.17) is 4.74 Å². The van der Waals surface area contributed by atoms with Crippen LogP contribution in [0.1, 0.15) is 56.2 Å². The van der Waals surface area contributed by atoms with Crippen LogP contribution < -0.4 is 10.1 Å². The van der Waals surface area contributed by atoms with E-state index in [0.717, 1.165) is 43.2 Å². The van der Waals surface area contributed by atoms with E-state index in [-0.39, 0.29) is 29.4 Å². The minimum atomic E-state index is -3.91. The summed E-state index contributed by atoms with van der Waals surface area (Å²) in [6, 6.07) is 14.3. The van der Waals surface area contributed by atoms with Gasteiger partial charge in [0.2, 0.25) is 15.9 Å². The summed E-state index contributed by atoms with van der Waals surface area (Å²) >= 11 is 0. The minimum Gasteiger partial charge on any atom is -0.495 e. The molecule has 0 bridgehead atoms. The zero-order chi connectivity index (χ0) is 22.4. The highest BCUT2D eigenvalue weighted by Crippen LogP contribution is 2.32. The van der Waals surface area contributed by atoms with Crippen LogP contribution in [-0.4, -0.2) is 38.3 Å². The van der Waals surface area contributed by atoms with Crippen LogP contribution in [0.2, 0.25) is 0 Å². The van der Waals surface area contributed by atoms with Crippen molar-refractivity contribution < 1.29 is 17.9 Å². The standard InChI is InChI=1S/C24H32N2O4S/c1-18-14-15-22(30-3)23(16-18)31(28,29)26(21-12-8-5-9-13-21)17-24(27)25-19(2)20-10-6-4-7-11-20/h4,6-7,10-11,14-16,19,21H,5,8-9,12-13,17H2,1-3H3,(H,25,27)/t19-/m1/s1. The molecule has 3 rings (SSSR count). The molecule has 0 spiro atoms. The van der Waals surface area contributed by atoms with Gasteiger partial charge < -0.3 is 10.1 Å². The lowest BCUT2D eigenvalue weighted by Crippen LogP contribution is -2.47. The fourth-order valence-electron chi connectivity index (χ4n) is 4.14. The number of methoxy groups -OCH3 is 1. The molecular weight excluding hydrogens is 412 g/mol. The molecule has 1 fully saturated rings. The summed E-state index contributed by atoms with van der Waals surface area (Å²) in [6.45, 7) is 3.54. The van der Waals surface area contributed by atoms with E-state index in [2.05, 4.69) is 5.32 Å². The number of carbonyl (C=O) groups is 1. The predicted octanol–water partition coefficient (Wildman–Crippen LogP) is 4.20. The molecule has 0 radical (unpaired) electrons. The first kappa shape index (κ1) is 23.3. The second-order valence-electron chi connectivity index (χ2n) is 8.20. The molecule has 0 aliphatic heterocycles. The van der Waals surface area contributed by atoms with Crippen molar-refractivity contribution in [2.24, 2.45) is 0 Å². The SMILES string of the molecule is COc1ccc(C)cc1S(=O)(=O)N(CC(=O)N[C@H](C)c1ccccc1)C1CCCCC1. The summed E-state index contributed by atoms with van der Waals surface area (Å²) in [7, 11) is -2.45. The molecule has 168 valence electrons. The van der Waals surface area contributed by atoms with E-state index >= 15 is 0 Å². The van der Waals surface area contributed by atoms with Crippen molar-refractivity contribution in [1.82, 2.24) is 9.62 Å². The van der Waals surface area contributed by atoms with Crippen LogP contribution in [0.25, 0.3) is 0 Å². The zero-order valence-electron chi connectivity index (χ0n) is 18.5. The molecule has 1 aliphatic carbocycles. The van der Waals surface area contributed by atoms with E-state index in [1.54, 1.807) is 12.1 Å². The van der Waals surface area contributed by atoms with E-state index in [0.29, 0.717) is 5.75 Å². The molecule has 7 heteroatoms. The number of hydrogen-bond donors (Lipinski definition) is 1. The maximum Gasteiger partial charge on any atom is 0.247 e. The van der Waals surface area contributed by atoms with Crippen molar-refractivity contribution in [2.45, 2.75) is 62.9 Å². The lowest BCUT2D eigenvalue weighted by atomic mass is 9.95. The predicted molar refractivity (Wildman–Crippen MR) is 121 cm³/mol. The molecule has 2 aromatic carbocycles. The number of carbonyl (C=O) groups excluding carboxylic acids is 1. The molecule has 2 aromatic rings. The van der Waals surface area contributed by atoms with Crippen LogP contribution in [0.4, 0.5) is 0 Å². The average Bonchev–Trinajstić information content (AvgIpc) is 2.78. The van der Waals surface area contributed by atoms with Crippen molar-refractivity contribution >= 4 is 15.9 Å². The largest absolute Gasteiger partial charge is 0.495 e. The Morgan fingerprint density at radius 1 is 1.13 bits per heavy atom. The maximum absolute atomic E-state index is 13.7. The quantitative estimate of drug-likeness (QED) is 0.662. The van der Waals surface area contributed by atoms with E-state index in [9.17, 15) is 13.2 Å². The number of nitrogens with one attached hydrogen (secondary N) is 1. The van der Waals surface area contributed by atoms with Gasteiger partial charge in [-0.25, -0.2) is 8.42 Å². The fraction of sp³-hybridized carbons (Fsp3) is 0.458. The van der Waals surface area contributed by atoms with Crippen molar-refractivity contribution in [3.8, 4) is 5.75 Å². The Bertz CT molecular complexity index is 986. The van der Waals surface area contributed by atoms with Gasteiger partial charge >= 0.3 is 0 Å². The molecular formula is C24H32N2O4S. The number of aryl methyl sites for hydroxylation is 1. The smallest absolute Gasteiger partial charge is 0.247 e. The van der Waals surface area contributed by atoms with Crippen LogP contribution in [0.15, 0.2) is 53.4 Å². The first-order chi connectivity index (χ1) is 14.8. The van der Waals surface area contributed by atoms with Crippen LogP contribution >= 0.6 is 0 Å². The molecule has 1 saturated carbocycles. The molecule has 0 saturated heterocycles. The third-order valence-electron chi connectivity index (χ3n) is 5.86. The van der Waals surface area contributed by atoms with Crippen molar-refractivity contribution in [2.75, 3.05) is 13.7 Å². The number of sulfonamides is 1. The van der Waals surface area contributed by atoms with Gasteiger partial charge in [0.05, 0.1) is 19.7 Å². The van der Waals surface area contributed by atoms with Crippen LogP contribution in [-0.2, 0) is 14.8 Å². The van der Waals surface area contributed by atoms with Crippen LogP contribution in [0.3, 0.4) is 0 Å². The third-order valence-corrected chi connectivity index (χ3v) is 7.78. The molecule has 1 atom stereocenters. The highest BCUT2D eigenvalue weighted by atomic mass is 32.2. The van der Waals surface area contributed by atoms with Gasteiger partial charge in [0.15, 0.2) is 0 Å². The lowest BCUT2D eigenvalue weighted by Gasteiger charge is -2.33. The Morgan fingerprint density at radius 2 is 1.81 bits per heavy atom. The summed E-state index contributed by atoms with van der Waals surface area (Å²) in [5.74, 6) is -0.0124. The van der Waals surface area contributed by atoms with Gasteiger partial charge in [-0.3, -0.25) is 4.79 Å². The van der Waals surface area contributed by atoms with Gasteiger partial charge in [-0.1, -0.05) is 55.7 Å². The van der Waals surface area contributed by atoms with Gasteiger partial charge in [0, 0.05) is 6.04 Å². The fourth-order valence-corrected chi connectivity index (χ4v) is 6.03. The van der Waals surface area contributed by atoms with Crippen molar-refractivity contribution in [3.05, 3.63) is 59.7 Å². The Labute approximate surface area is 185 Å².